The minimum absolute atomic E-state index is 0.000105. The Kier molecular flexibility index (Phi) is 4.09. The molecule has 0 aliphatic heterocycles. The normalized spacial score (nSPS) is 52.6. The molecule has 0 saturated heterocycles. The van der Waals surface area contributed by atoms with Crippen molar-refractivity contribution in [1.82, 2.24) is 0 Å². The smallest absolute Gasteiger partial charge is 0.137 e. The van der Waals surface area contributed by atoms with Crippen molar-refractivity contribution in [2.24, 2.45) is 34.0 Å². The van der Waals surface area contributed by atoms with Crippen molar-refractivity contribution in [3.05, 3.63) is 11.6 Å². The number of allylic oxidation sites excluding steroid dienone is 1. The van der Waals surface area contributed by atoms with E-state index in [1.165, 1.54) is 5.57 Å². The molecule has 0 aromatic carbocycles. The van der Waals surface area contributed by atoms with Gasteiger partial charge in [-0.15, -0.1) is 0 Å². The van der Waals surface area contributed by atoms with E-state index in [4.69, 9.17) is 0 Å². The van der Waals surface area contributed by atoms with Gasteiger partial charge in [0.15, 0.2) is 0 Å². The van der Waals surface area contributed by atoms with Crippen LogP contribution in [0.3, 0.4) is 0 Å². The average Bonchev–Trinajstić information content (AvgIpc) is 3.33. The number of Topliss-reactive ketones (excluding diaryl/α,β-unsaturated/α-hetero) is 1. The van der Waals surface area contributed by atoms with E-state index in [9.17, 15) is 20.1 Å². The van der Waals surface area contributed by atoms with Crippen LogP contribution in [0.25, 0.3) is 0 Å². The molecule has 0 bridgehead atoms. The standard InChI is InChI=1S/C20H29BrO4/c1-18(17(21)9-22)4-3-12-11(6-18)14(24)5-16-19(12,2)8-15(25)13-7-20(13,16)10-23/h3,11,13-14,16-17,22-24H,4-10H2,1-2H3/t11-,13+,14-,16+,17+,18-,19+,20-/m1/s1. The Balaban J connectivity index is 1.73. The zero-order valence-corrected chi connectivity index (χ0v) is 16.6. The lowest BCUT2D eigenvalue weighted by molar-refractivity contribution is -0.134. The second-order valence-corrected chi connectivity index (χ2v) is 10.6. The highest BCUT2D eigenvalue weighted by Gasteiger charge is 2.71. The predicted octanol–water partition coefficient (Wildman–Crippen LogP) is 2.44. The second kappa shape index (κ2) is 5.63. The molecule has 0 aromatic heterocycles. The van der Waals surface area contributed by atoms with Gasteiger partial charge in [-0.3, -0.25) is 4.79 Å². The number of rotatable bonds is 3. The van der Waals surface area contributed by atoms with Crippen LogP contribution in [0.4, 0.5) is 0 Å². The van der Waals surface area contributed by atoms with Crippen molar-refractivity contribution in [1.29, 1.82) is 0 Å². The summed E-state index contributed by atoms with van der Waals surface area (Å²) in [6.07, 6.45) is 5.49. The Morgan fingerprint density at radius 3 is 2.68 bits per heavy atom. The molecule has 5 heteroatoms. The largest absolute Gasteiger partial charge is 0.396 e. The van der Waals surface area contributed by atoms with Gasteiger partial charge in [-0.1, -0.05) is 41.4 Å². The first kappa shape index (κ1) is 18.1. The quantitative estimate of drug-likeness (QED) is 0.491. The molecule has 0 amide bonds. The monoisotopic (exact) mass is 412 g/mol. The van der Waals surface area contributed by atoms with Crippen molar-refractivity contribution >= 4 is 21.7 Å². The number of aliphatic hydroxyl groups excluding tert-OH is 3. The van der Waals surface area contributed by atoms with Crippen LogP contribution in [-0.2, 0) is 4.79 Å². The number of halogens is 1. The number of carbonyl (C=O) groups excluding carboxylic acids is 1. The van der Waals surface area contributed by atoms with Gasteiger partial charge in [-0.2, -0.15) is 0 Å². The van der Waals surface area contributed by atoms with E-state index in [2.05, 4.69) is 35.9 Å². The van der Waals surface area contributed by atoms with Gasteiger partial charge >= 0.3 is 0 Å². The van der Waals surface area contributed by atoms with Gasteiger partial charge in [-0.05, 0) is 42.4 Å². The van der Waals surface area contributed by atoms with E-state index in [0.29, 0.717) is 18.6 Å². The lowest BCUT2D eigenvalue weighted by Gasteiger charge is -2.57. The van der Waals surface area contributed by atoms with Crippen LogP contribution in [0.1, 0.15) is 46.0 Å². The Hall–Kier alpha value is -0.230. The maximum Gasteiger partial charge on any atom is 0.137 e. The fourth-order valence-electron chi connectivity index (χ4n) is 6.54. The molecule has 140 valence electrons. The predicted molar refractivity (Wildman–Crippen MR) is 98.2 cm³/mol. The first-order valence-corrected chi connectivity index (χ1v) is 10.4. The number of hydrogen-bond acceptors (Lipinski definition) is 4. The number of carbonyl (C=O) groups is 1. The first-order valence-electron chi connectivity index (χ1n) is 9.49. The minimum atomic E-state index is -0.430. The molecular weight excluding hydrogens is 384 g/mol. The van der Waals surface area contributed by atoms with E-state index < -0.39 is 6.10 Å². The van der Waals surface area contributed by atoms with Gasteiger partial charge in [-0.25, -0.2) is 0 Å². The molecule has 25 heavy (non-hydrogen) atoms. The number of alkyl halides is 1. The maximum absolute atomic E-state index is 12.7. The topological polar surface area (TPSA) is 77.8 Å². The fraction of sp³-hybridized carbons (Fsp3) is 0.850. The molecule has 4 aliphatic rings. The third kappa shape index (κ3) is 2.31. The molecule has 4 rings (SSSR count). The lowest BCUT2D eigenvalue weighted by atomic mass is 9.48. The van der Waals surface area contributed by atoms with Crippen molar-refractivity contribution in [2.45, 2.75) is 56.9 Å². The van der Waals surface area contributed by atoms with Crippen LogP contribution in [0.15, 0.2) is 11.6 Å². The SMILES string of the molecule is C[C@@]1([C@@H](Br)CO)CC=C2[C@@H](C1)[C@H](O)C[C@@H]1[C@@]3(CO)C[C@H]3C(=O)C[C@@]21C. The zero-order chi connectivity index (χ0) is 18.2. The van der Waals surface area contributed by atoms with E-state index >= 15 is 0 Å². The summed E-state index contributed by atoms with van der Waals surface area (Å²) in [5.41, 5.74) is 0.611. The number of hydrogen-bond donors (Lipinski definition) is 3. The minimum Gasteiger partial charge on any atom is -0.396 e. The fourth-order valence-corrected chi connectivity index (χ4v) is 6.91. The summed E-state index contributed by atoms with van der Waals surface area (Å²) >= 11 is 3.61. The molecule has 3 fully saturated rings. The first-order chi connectivity index (χ1) is 11.7. The molecule has 4 aliphatic carbocycles. The lowest BCUT2D eigenvalue weighted by Crippen LogP contribution is -2.55. The summed E-state index contributed by atoms with van der Waals surface area (Å²) in [5, 5.41) is 30.6. The van der Waals surface area contributed by atoms with Crippen molar-refractivity contribution < 1.29 is 20.1 Å². The maximum atomic E-state index is 12.7. The zero-order valence-electron chi connectivity index (χ0n) is 15.0. The Morgan fingerprint density at radius 2 is 2.04 bits per heavy atom. The van der Waals surface area contributed by atoms with Crippen LogP contribution < -0.4 is 0 Å². The summed E-state index contributed by atoms with van der Waals surface area (Å²) in [7, 11) is 0. The van der Waals surface area contributed by atoms with E-state index in [1.54, 1.807) is 0 Å². The molecule has 3 N–H and O–H groups in total. The summed E-state index contributed by atoms with van der Waals surface area (Å²) in [4.78, 5) is 12.7. The number of ketones is 1. The summed E-state index contributed by atoms with van der Waals surface area (Å²) in [6, 6.07) is 0. The van der Waals surface area contributed by atoms with E-state index in [-0.39, 0.29) is 52.0 Å². The number of aliphatic hydroxyl groups is 3. The van der Waals surface area contributed by atoms with Crippen molar-refractivity contribution in [3.63, 3.8) is 0 Å². The van der Waals surface area contributed by atoms with Gasteiger partial charge in [0.1, 0.15) is 5.78 Å². The number of fused-ring (bicyclic) bond motifs is 5. The molecule has 0 heterocycles. The van der Waals surface area contributed by atoms with Gasteiger partial charge in [0, 0.05) is 35.1 Å². The second-order valence-electron chi connectivity index (χ2n) is 9.54. The molecule has 8 atom stereocenters. The Labute approximate surface area is 157 Å². The third-order valence-corrected chi connectivity index (χ3v) is 9.59. The molecule has 0 aromatic rings. The Morgan fingerprint density at radius 1 is 1.32 bits per heavy atom. The van der Waals surface area contributed by atoms with Crippen molar-refractivity contribution in [2.75, 3.05) is 13.2 Å². The third-order valence-electron chi connectivity index (χ3n) is 8.20. The highest BCUT2D eigenvalue weighted by atomic mass is 79.9. The van der Waals surface area contributed by atoms with Gasteiger partial charge in [0.2, 0.25) is 0 Å². The molecule has 4 nitrogen and oxygen atoms in total. The summed E-state index contributed by atoms with van der Waals surface area (Å²) in [6.45, 7) is 4.48. The molecule has 3 saturated carbocycles. The van der Waals surface area contributed by atoms with Gasteiger partial charge < -0.3 is 15.3 Å². The van der Waals surface area contributed by atoms with Gasteiger partial charge in [0.05, 0.1) is 12.7 Å². The molecule has 0 unspecified atom stereocenters. The van der Waals surface area contributed by atoms with Crippen LogP contribution in [0.2, 0.25) is 0 Å². The molecule has 0 spiro atoms. The summed E-state index contributed by atoms with van der Waals surface area (Å²) in [5.74, 6) is 0.540. The van der Waals surface area contributed by atoms with E-state index in [1.807, 2.05) is 0 Å². The van der Waals surface area contributed by atoms with Crippen LogP contribution >= 0.6 is 15.9 Å². The average molecular weight is 413 g/mol. The van der Waals surface area contributed by atoms with Gasteiger partial charge in [0.25, 0.3) is 0 Å². The van der Waals surface area contributed by atoms with E-state index in [0.717, 1.165) is 19.3 Å². The van der Waals surface area contributed by atoms with Crippen LogP contribution in [0.5, 0.6) is 0 Å². The van der Waals surface area contributed by atoms with Crippen molar-refractivity contribution in [3.8, 4) is 0 Å². The highest BCUT2D eigenvalue weighted by Crippen LogP contribution is 2.72. The summed E-state index contributed by atoms with van der Waals surface area (Å²) < 4.78 is 0. The van der Waals surface area contributed by atoms with Crippen LogP contribution in [0, 0.1) is 34.0 Å². The highest BCUT2D eigenvalue weighted by molar-refractivity contribution is 9.09. The molecule has 0 radical (unpaired) electrons. The Bertz CT molecular complexity index is 633. The molecular formula is C20H29BrO4. The van der Waals surface area contributed by atoms with Crippen LogP contribution in [-0.4, -0.2) is 45.2 Å².